The summed E-state index contributed by atoms with van der Waals surface area (Å²) >= 11 is 0. The highest BCUT2D eigenvalue weighted by Gasteiger charge is 2.22. The van der Waals surface area contributed by atoms with Crippen LogP contribution in [-0.2, 0) is 13.1 Å². The van der Waals surface area contributed by atoms with Crippen molar-refractivity contribution in [3.8, 4) is 11.3 Å². The van der Waals surface area contributed by atoms with Crippen molar-refractivity contribution in [3.63, 3.8) is 0 Å². The van der Waals surface area contributed by atoms with Crippen LogP contribution in [0.5, 0.6) is 0 Å². The molecular formula is C19H19N5O. The van der Waals surface area contributed by atoms with Gasteiger partial charge in [0, 0.05) is 31.0 Å². The zero-order valence-corrected chi connectivity index (χ0v) is 14.1. The van der Waals surface area contributed by atoms with Gasteiger partial charge in [0.05, 0.1) is 24.1 Å². The largest absolute Gasteiger partial charge is 0.331 e. The van der Waals surface area contributed by atoms with Gasteiger partial charge in [-0.05, 0) is 25.5 Å². The molecule has 0 bridgehead atoms. The van der Waals surface area contributed by atoms with E-state index in [9.17, 15) is 4.79 Å². The van der Waals surface area contributed by atoms with Crippen LogP contribution in [0.3, 0.4) is 0 Å². The molecule has 1 aliphatic heterocycles. The lowest BCUT2D eigenvalue weighted by molar-refractivity contribution is 0.0739. The summed E-state index contributed by atoms with van der Waals surface area (Å²) in [6.07, 6.45) is 5.50. The number of amides is 1. The minimum Gasteiger partial charge on any atom is -0.331 e. The highest BCUT2D eigenvalue weighted by atomic mass is 16.2. The average molecular weight is 333 g/mol. The van der Waals surface area contributed by atoms with Crippen molar-refractivity contribution in [2.75, 3.05) is 6.54 Å². The minimum absolute atomic E-state index is 0.0835. The van der Waals surface area contributed by atoms with Crippen molar-refractivity contribution in [2.45, 2.75) is 26.4 Å². The fourth-order valence-electron chi connectivity index (χ4n) is 3.15. The molecule has 4 rings (SSSR count). The van der Waals surface area contributed by atoms with E-state index in [1.807, 2.05) is 15.6 Å². The zero-order chi connectivity index (χ0) is 17.2. The quantitative estimate of drug-likeness (QED) is 0.723. The Labute approximate surface area is 146 Å². The fraction of sp³-hybridized carbons (Fsp3) is 0.263. The topological polar surface area (TPSA) is 63.9 Å². The fourth-order valence-corrected chi connectivity index (χ4v) is 3.15. The summed E-state index contributed by atoms with van der Waals surface area (Å²) in [7, 11) is 0. The Morgan fingerprint density at radius 2 is 2.08 bits per heavy atom. The van der Waals surface area contributed by atoms with Crippen LogP contribution in [0.15, 0.2) is 48.9 Å². The summed E-state index contributed by atoms with van der Waals surface area (Å²) in [5.41, 5.74) is 4.70. The van der Waals surface area contributed by atoms with Crippen LogP contribution in [-0.4, -0.2) is 37.1 Å². The molecule has 1 aromatic carbocycles. The van der Waals surface area contributed by atoms with E-state index in [2.05, 4.69) is 41.2 Å². The lowest BCUT2D eigenvalue weighted by atomic mass is 10.1. The molecule has 1 aliphatic rings. The van der Waals surface area contributed by atoms with Crippen LogP contribution in [0.25, 0.3) is 11.3 Å². The van der Waals surface area contributed by atoms with Gasteiger partial charge in [-0.3, -0.25) is 14.5 Å². The van der Waals surface area contributed by atoms with Crippen molar-refractivity contribution in [2.24, 2.45) is 0 Å². The van der Waals surface area contributed by atoms with Crippen molar-refractivity contribution in [1.29, 1.82) is 0 Å². The van der Waals surface area contributed by atoms with E-state index in [1.54, 1.807) is 12.4 Å². The highest BCUT2D eigenvalue weighted by molar-refractivity contribution is 5.91. The Morgan fingerprint density at radius 1 is 1.16 bits per heavy atom. The first kappa shape index (κ1) is 15.5. The molecule has 0 N–H and O–H groups in total. The van der Waals surface area contributed by atoms with E-state index in [0.29, 0.717) is 18.8 Å². The number of rotatable bonds is 2. The van der Waals surface area contributed by atoms with E-state index >= 15 is 0 Å². The first-order chi connectivity index (χ1) is 12.2. The van der Waals surface area contributed by atoms with Crippen LogP contribution >= 0.6 is 0 Å². The molecule has 0 saturated heterocycles. The Bertz CT molecular complexity index is 903. The molecule has 0 radical (unpaired) electrons. The molecule has 0 atom stereocenters. The van der Waals surface area contributed by atoms with Gasteiger partial charge in [0.25, 0.3) is 5.91 Å². The first-order valence-corrected chi connectivity index (χ1v) is 8.40. The number of hydrogen-bond donors (Lipinski definition) is 0. The Kier molecular flexibility index (Phi) is 4.01. The summed E-state index contributed by atoms with van der Waals surface area (Å²) < 4.78 is 2.02. The number of aromatic nitrogens is 4. The van der Waals surface area contributed by atoms with Gasteiger partial charge in [0.1, 0.15) is 5.69 Å². The summed E-state index contributed by atoms with van der Waals surface area (Å²) in [6, 6.07) is 10.4. The molecule has 25 heavy (non-hydrogen) atoms. The van der Waals surface area contributed by atoms with Gasteiger partial charge in [0.15, 0.2) is 0 Å². The summed E-state index contributed by atoms with van der Waals surface area (Å²) in [5.74, 6) is -0.0835. The van der Waals surface area contributed by atoms with Crippen LogP contribution in [0.2, 0.25) is 0 Å². The maximum atomic E-state index is 12.7. The second kappa shape index (κ2) is 6.47. The van der Waals surface area contributed by atoms with Crippen LogP contribution in [0.4, 0.5) is 0 Å². The van der Waals surface area contributed by atoms with Crippen LogP contribution in [0.1, 0.15) is 28.2 Å². The Balaban J connectivity index is 1.61. The second-order valence-electron chi connectivity index (χ2n) is 6.28. The van der Waals surface area contributed by atoms with Gasteiger partial charge in [-0.2, -0.15) is 5.10 Å². The van der Waals surface area contributed by atoms with E-state index in [1.165, 1.54) is 11.8 Å². The van der Waals surface area contributed by atoms with Gasteiger partial charge in [-0.15, -0.1) is 0 Å². The van der Waals surface area contributed by atoms with Crippen molar-refractivity contribution >= 4 is 5.91 Å². The molecule has 3 heterocycles. The predicted octanol–water partition coefficient (Wildman–Crippen LogP) is 2.69. The van der Waals surface area contributed by atoms with Crippen LogP contribution in [0, 0.1) is 6.92 Å². The number of benzene rings is 1. The summed E-state index contributed by atoms with van der Waals surface area (Å²) in [5, 5.41) is 4.74. The number of carbonyl (C=O) groups is 1. The minimum atomic E-state index is -0.0835. The smallest absolute Gasteiger partial charge is 0.274 e. The van der Waals surface area contributed by atoms with Crippen molar-refractivity contribution in [1.82, 2.24) is 24.6 Å². The Morgan fingerprint density at radius 3 is 2.88 bits per heavy atom. The predicted molar refractivity (Wildman–Crippen MR) is 93.8 cm³/mol. The first-order valence-electron chi connectivity index (χ1n) is 8.40. The monoisotopic (exact) mass is 333 g/mol. The van der Waals surface area contributed by atoms with E-state index in [4.69, 9.17) is 5.10 Å². The standard InChI is InChI=1S/C19H19N5O/c1-14-4-2-5-15(10-14)17-11-16-13-23(8-3-9-24(16)22-17)19(25)18-12-20-6-7-21-18/h2,4-7,10-12H,3,8-9,13H2,1H3. The molecule has 1 amide bonds. The van der Waals surface area contributed by atoms with Gasteiger partial charge >= 0.3 is 0 Å². The van der Waals surface area contributed by atoms with Gasteiger partial charge in [-0.1, -0.05) is 23.8 Å². The number of nitrogens with zero attached hydrogens (tertiary/aromatic N) is 5. The third-order valence-electron chi connectivity index (χ3n) is 4.40. The second-order valence-corrected chi connectivity index (χ2v) is 6.28. The maximum Gasteiger partial charge on any atom is 0.274 e. The third kappa shape index (κ3) is 3.15. The number of aryl methyl sites for hydroxylation is 2. The van der Waals surface area contributed by atoms with E-state index in [-0.39, 0.29) is 5.91 Å². The molecule has 0 unspecified atom stereocenters. The number of hydrogen-bond acceptors (Lipinski definition) is 4. The lowest BCUT2D eigenvalue weighted by Gasteiger charge is -2.19. The van der Waals surface area contributed by atoms with E-state index in [0.717, 1.165) is 29.9 Å². The van der Waals surface area contributed by atoms with Crippen LogP contribution < -0.4 is 0 Å². The molecule has 126 valence electrons. The number of fused-ring (bicyclic) bond motifs is 1. The maximum absolute atomic E-state index is 12.7. The highest BCUT2D eigenvalue weighted by Crippen LogP contribution is 2.23. The molecule has 0 spiro atoms. The van der Waals surface area contributed by atoms with Gasteiger partial charge in [-0.25, -0.2) is 4.98 Å². The lowest BCUT2D eigenvalue weighted by Crippen LogP contribution is -2.31. The SMILES string of the molecule is Cc1cccc(-c2cc3n(n2)CCCN(C(=O)c2cnccn2)C3)c1. The average Bonchev–Trinajstić information content (AvgIpc) is 2.94. The molecule has 2 aromatic heterocycles. The van der Waals surface area contributed by atoms with Crippen molar-refractivity contribution in [3.05, 3.63) is 65.9 Å². The van der Waals surface area contributed by atoms with Crippen molar-refractivity contribution < 1.29 is 4.79 Å². The van der Waals surface area contributed by atoms with Gasteiger partial charge < -0.3 is 4.90 Å². The molecular weight excluding hydrogens is 314 g/mol. The summed E-state index contributed by atoms with van der Waals surface area (Å²) in [4.78, 5) is 22.6. The molecule has 0 saturated carbocycles. The molecule has 0 aliphatic carbocycles. The summed E-state index contributed by atoms with van der Waals surface area (Å²) in [6.45, 7) is 4.12. The number of carbonyl (C=O) groups excluding carboxylic acids is 1. The molecule has 3 aromatic rings. The molecule has 0 fully saturated rings. The third-order valence-corrected chi connectivity index (χ3v) is 4.40. The van der Waals surface area contributed by atoms with Gasteiger partial charge in [0.2, 0.25) is 0 Å². The normalized spacial score (nSPS) is 14.0. The molecule has 6 nitrogen and oxygen atoms in total. The Hall–Kier alpha value is -3.02. The van der Waals surface area contributed by atoms with E-state index < -0.39 is 0 Å². The molecule has 6 heteroatoms. The zero-order valence-electron chi connectivity index (χ0n) is 14.1.